The molecule has 0 amide bonds. The van der Waals surface area contributed by atoms with E-state index < -0.39 is 4.92 Å². The second kappa shape index (κ2) is 6.56. The lowest BCUT2D eigenvalue weighted by molar-refractivity contribution is -0.385. The third-order valence-corrected chi connectivity index (χ3v) is 3.64. The van der Waals surface area contributed by atoms with E-state index in [1.54, 1.807) is 19.1 Å². The molecule has 1 aromatic carbocycles. The number of nitro groups is 1. The molecule has 0 bridgehead atoms. The van der Waals surface area contributed by atoms with Crippen LogP contribution in [-0.2, 0) is 0 Å². The average molecular weight is 280 g/mol. The Labute approximate surface area is 117 Å². The third-order valence-electron chi connectivity index (χ3n) is 3.64. The molecule has 1 saturated carbocycles. The maximum Gasteiger partial charge on any atom is 0.311 e. The Kier molecular flexibility index (Phi) is 4.79. The summed E-state index contributed by atoms with van der Waals surface area (Å²) in [5.41, 5.74) is 0.747. The van der Waals surface area contributed by atoms with E-state index in [9.17, 15) is 15.2 Å². The van der Waals surface area contributed by atoms with Crippen LogP contribution < -0.4 is 10.1 Å². The van der Waals surface area contributed by atoms with Crippen LogP contribution in [0, 0.1) is 16.0 Å². The highest BCUT2D eigenvalue weighted by Gasteiger charge is 2.25. The number of nitrogens with one attached hydrogen (secondary N) is 1. The first-order valence-electron chi connectivity index (χ1n) is 6.95. The van der Waals surface area contributed by atoms with Crippen LogP contribution in [0.3, 0.4) is 0 Å². The van der Waals surface area contributed by atoms with Crippen molar-refractivity contribution in [3.63, 3.8) is 0 Å². The fraction of sp³-hybridized carbons (Fsp3) is 0.571. The van der Waals surface area contributed by atoms with Gasteiger partial charge in [-0.05, 0) is 25.8 Å². The van der Waals surface area contributed by atoms with E-state index in [0.29, 0.717) is 13.2 Å². The lowest BCUT2D eigenvalue weighted by Gasteiger charge is -2.16. The van der Waals surface area contributed by atoms with Gasteiger partial charge in [0.1, 0.15) is 0 Å². The van der Waals surface area contributed by atoms with Crippen molar-refractivity contribution in [2.24, 2.45) is 5.92 Å². The standard InChI is InChI=1S/C14H20N2O4/c1-2-20-14-8-11(6-7-12(14)16(18)19)15-9-10-4-3-5-13(10)17/h6-8,10,13,15,17H,2-5,9H2,1H3. The third kappa shape index (κ3) is 3.39. The minimum Gasteiger partial charge on any atom is -0.487 e. The summed E-state index contributed by atoms with van der Waals surface area (Å²) in [6.07, 6.45) is 2.68. The number of nitro benzene ring substituents is 1. The molecule has 0 saturated heterocycles. The van der Waals surface area contributed by atoms with Crippen molar-refractivity contribution < 1.29 is 14.8 Å². The van der Waals surface area contributed by atoms with Crippen LogP contribution in [0.4, 0.5) is 11.4 Å². The summed E-state index contributed by atoms with van der Waals surface area (Å²) in [6, 6.07) is 4.75. The summed E-state index contributed by atoms with van der Waals surface area (Å²) in [4.78, 5) is 10.4. The number of nitrogens with zero attached hydrogens (tertiary/aromatic N) is 1. The molecule has 2 unspecified atom stereocenters. The van der Waals surface area contributed by atoms with Crippen molar-refractivity contribution in [3.05, 3.63) is 28.3 Å². The van der Waals surface area contributed by atoms with E-state index >= 15 is 0 Å². The fourth-order valence-electron chi connectivity index (χ4n) is 2.55. The fourth-order valence-corrected chi connectivity index (χ4v) is 2.55. The zero-order chi connectivity index (χ0) is 14.5. The first-order valence-corrected chi connectivity index (χ1v) is 6.95. The normalized spacial score (nSPS) is 21.7. The van der Waals surface area contributed by atoms with Crippen LogP contribution in [0.15, 0.2) is 18.2 Å². The van der Waals surface area contributed by atoms with Gasteiger partial charge in [0.15, 0.2) is 5.75 Å². The number of rotatable bonds is 6. The molecular formula is C14H20N2O4. The molecule has 2 N–H and O–H groups in total. The van der Waals surface area contributed by atoms with Crippen molar-refractivity contribution in [1.29, 1.82) is 0 Å². The predicted octanol–water partition coefficient (Wildman–Crippen LogP) is 2.57. The molecule has 1 aliphatic carbocycles. The molecule has 6 heteroatoms. The van der Waals surface area contributed by atoms with E-state index in [4.69, 9.17) is 4.74 Å². The highest BCUT2D eigenvalue weighted by molar-refractivity contribution is 5.58. The number of anilines is 1. The molecule has 0 aromatic heterocycles. The summed E-state index contributed by atoms with van der Waals surface area (Å²) in [7, 11) is 0. The molecule has 6 nitrogen and oxygen atoms in total. The van der Waals surface area contributed by atoms with Gasteiger partial charge in [0.25, 0.3) is 0 Å². The first-order chi connectivity index (χ1) is 9.61. The molecule has 0 radical (unpaired) electrons. The first kappa shape index (κ1) is 14.6. The molecular weight excluding hydrogens is 260 g/mol. The number of aliphatic hydroxyl groups is 1. The monoisotopic (exact) mass is 280 g/mol. The second-order valence-electron chi connectivity index (χ2n) is 5.01. The quantitative estimate of drug-likeness (QED) is 0.618. The molecule has 0 heterocycles. The minimum atomic E-state index is -0.449. The Balaban J connectivity index is 2.04. The lowest BCUT2D eigenvalue weighted by atomic mass is 10.1. The van der Waals surface area contributed by atoms with E-state index in [2.05, 4.69) is 5.32 Å². The zero-order valence-electron chi connectivity index (χ0n) is 11.5. The van der Waals surface area contributed by atoms with Crippen molar-refractivity contribution in [2.45, 2.75) is 32.3 Å². The summed E-state index contributed by atoms with van der Waals surface area (Å²) >= 11 is 0. The topological polar surface area (TPSA) is 84.6 Å². The molecule has 2 rings (SSSR count). The molecule has 1 aromatic rings. The molecule has 1 fully saturated rings. The van der Waals surface area contributed by atoms with Crippen LogP contribution >= 0.6 is 0 Å². The number of hydrogen-bond donors (Lipinski definition) is 2. The Morgan fingerprint density at radius 1 is 1.50 bits per heavy atom. The SMILES string of the molecule is CCOc1cc(NCC2CCCC2O)ccc1[N+](=O)[O-]. The number of aliphatic hydroxyl groups excluding tert-OH is 1. The van der Waals surface area contributed by atoms with Gasteiger partial charge >= 0.3 is 5.69 Å². The molecule has 0 aliphatic heterocycles. The molecule has 110 valence electrons. The van der Waals surface area contributed by atoms with Gasteiger partial charge in [-0.3, -0.25) is 10.1 Å². The van der Waals surface area contributed by atoms with Crippen molar-refractivity contribution >= 4 is 11.4 Å². The Morgan fingerprint density at radius 2 is 2.30 bits per heavy atom. The van der Waals surface area contributed by atoms with Gasteiger partial charge in [0, 0.05) is 30.3 Å². The summed E-state index contributed by atoms with van der Waals surface area (Å²) in [6.45, 7) is 2.84. The maximum atomic E-state index is 10.9. The van der Waals surface area contributed by atoms with E-state index in [1.165, 1.54) is 6.07 Å². The molecule has 20 heavy (non-hydrogen) atoms. The van der Waals surface area contributed by atoms with Crippen molar-refractivity contribution in [2.75, 3.05) is 18.5 Å². The predicted molar refractivity (Wildman–Crippen MR) is 76.1 cm³/mol. The van der Waals surface area contributed by atoms with Gasteiger partial charge in [0.2, 0.25) is 0 Å². The molecule has 1 aliphatic rings. The van der Waals surface area contributed by atoms with Gasteiger partial charge < -0.3 is 15.2 Å². The second-order valence-corrected chi connectivity index (χ2v) is 5.01. The van der Waals surface area contributed by atoms with Crippen molar-refractivity contribution in [1.82, 2.24) is 0 Å². The molecule has 2 atom stereocenters. The Morgan fingerprint density at radius 3 is 2.90 bits per heavy atom. The largest absolute Gasteiger partial charge is 0.487 e. The Hall–Kier alpha value is -1.82. The van der Waals surface area contributed by atoms with E-state index in [0.717, 1.165) is 24.9 Å². The summed E-state index contributed by atoms with van der Waals surface area (Å²) < 4.78 is 5.30. The van der Waals surface area contributed by atoms with Crippen LogP contribution in [0.5, 0.6) is 5.75 Å². The summed E-state index contributed by atoms with van der Waals surface area (Å²) in [5.74, 6) is 0.523. The van der Waals surface area contributed by atoms with Crippen LogP contribution in [0.25, 0.3) is 0 Å². The number of ether oxygens (including phenoxy) is 1. The van der Waals surface area contributed by atoms with Crippen LogP contribution in [0.1, 0.15) is 26.2 Å². The highest BCUT2D eigenvalue weighted by Crippen LogP contribution is 2.31. The number of hydrogen-bond acceptors (Lipinski definition) is 5. The average Bonchev–Trinajstić information content (AvgIpc) is 2.82. The minimum absolute atomic E-state index is 0.0294. The van der Waals surface area contributed by atoms with Gasteiger partial charge in [-0.2, -0.15) is 0 Å². The van der Waals surface area contributed by atoms with E-state index in [1.807, 2.05) is 0 Å². The zero-order valence-corrected chi connectivity index (χ0v) is 11.5. The number of benzene rings is 1. The van der Waals surface area contributed by atoms with Gasteiger partial charge in [-0.25, -0.2) is 0 Å². The van der Waals surface area contributed by atoms with Gasteiger partial charge in [0.05, 0.1) is 17.6 Å². The smallest absolute Gasteiger partial charge is 0.311 e. The Bertz CT molecular complexity index is 478. The van der Waals surface area contributed by atoms with Gasteiger partial charge in [-0.15, -0.1) is 0 Å². The van der Waals surface area contributed by atoms with Crippen LogP contribution in [0.2, 0.25) is 0 Å². The van der Waals surface area contributed by atoms with E-state index in [-0.39, 0.29) is 23.5 Å². The van der Waals surface area contributed by atoms with Crippen molar-refractivity contribution in [3.8, 4) is 5.75 Å². The lowest BCUT2D eigenvalue weighted by Crippen LogP contribution is -2.21. The molecule has 0 spiro atoms. The summed E-state index contributed by atoms with van der Waals surface area (Å²) in [5, 5.41) is 23.9. The van der Waals surface area contributed by atoms with Crippen LogP contribution in [-0.4, -0.2) is 29.3 Å². The highest BCUT2D eigenvalue weighted by atomic mass is 16.6. The maximum absolute atomic E-state index is 10.9. The van der Waals surface area contributed by atoms with Gasteiger partial charge in [-0.1, -0.05) is 6.42 Å².